The van der Waals surface area contributed by atoms with E-state index < -0.39 is 0 Å². The average Bonchev–Trinajstić information content (AvgIpc) is 2.26. The van der Waals surface area contributed by atoms with Crippen LogP contribution in [0.4, 0.5) is 5.82 Å². The van der Waals surface area contributed by atoms with Crippen LogP contribution < -0.4 is 5.32 Å². The van der Waals surface area contributed by atoms with Gasteiger partial charge in [-0.25, -0.2) is 4.98 Å². The standard InChI is InChI=1S/C12H21N3/c1-4-9-13-12-8-6-7-11(14-12)10-15(3)5-2/h6-8H,4-5,9-10H2,1-3H3,(H,13,14). The minimum absolute atomic E-state index is 0.915. The van der Waals surface area contributed by atoms with E-state index in [1.54, 1.807) is 0 Å². The van der Waals surface area contributed by atoms with E-state index in [2.05, 4.69) is 48.2 Å². The van der Waals surface area contributed by atoms with Crippen LogP contribution in [0.5, 0.6) is 0 Å². The number of nitrogens with zero attached hydrogens (tertiary/aromatic N) is 2. The number of hydrogen-bond acceptors (Lipinski definition) is 3. The second-order valence-corrected chi connectivity index (χ2v) is 3.77. The summed E-state index contributed by atoms with van der Waals surface area (Å²) in [5, 5.41) is 3.30. The normalized spacial score (nSPS) is 10.7. The Bertz CT molecular complexity index is 286. The lowest BCUT2D eigenvalue weighted by Crippen LogP contribution is -2.17. The van der Waals surface area contributed by atoms with Gasteiger partial charge in [0.2, 0.25) is 0 Å². The monoisotopic (exact) mass is 207 g/mol. The topological polar surface area (TPSA) is 28.2 Å². The highest BCUT2D eigenvalue weighted by atomic mass is 15.1. The molecule has 0 amide bonds. The van der Waals surface area contributed by atoms with Gasteiger partial charge >= 0.3 is 0 Å². The average molecular weight is 207 g/mol. The van der Waals surface area contributed by atoms with Crippen molar-refractivity contribution in [3.63, 3.8) is 0 Å². The molecule has 1 aromatic heterocycles. The molecule has 1 aromatic rings. The van der Waals surface area contributed by atoms with Crippen molar-refractivity contribution in [3.8, 4) is 0 Å². The van der Waals surface area contributed by atoms with Gasteiger partial charge in [-0.1, -0.05) is 19.9 Å². The van der Waals surface area contributed by atoms with Crippen molar-refractivity contribution in [1.29, 1.82) is 0 Å². The van der Waals surface area contributed by atoms with Crippen LogP contribution >= 0.6 is 0 Å². The van der Waals surface area contributed by atoms with Gasteiger partial charge in [-0.05, 0) is 32.1 Å². The summed E-state index contributed by atoms with van der Waals surface area (Å²) in [7, 11) is 2.10. The molecule has 3 heteroatoms. The predicted octanol–water partition coefficient (Wildman–Crippen LogP) is 2.36. The molecule has 15 heavy (non-hydrogen) atoms. The molecule has 0 fully saturated rings. The lowest BCUT2D eigenvalue weighted by Gasteiger charge is -2.13. The van der Waals surface area contributed by atoms with Crippen molar-refractivity contribution in [1.82, 2.24) is 9.88 Å². The van der Waals surface area contributed by atoms with Gasteiger partial charge in [0.15, 0.2) is 0 Å². The van der Waals surface area contributed by atoms with Gasteiger partial charge in [-0.3, -0.25) is 0 Å². The molecule has 1 heterocycles. The summed E-state index contributed by atoms with van der Waals surface area (Å²) in [5.41, 5.74) is 1.13. The first-order valence-electron chi connectivity index (χ1n) is 5.64. The molecule has 0 saturated carbocycles. The number of aromatic nitrogens is 1. The third-order valence-corrected chi connectivity index (χ3v) is 2.33. The number of hydrogen-bond donors (Lipinski definition) is 1. The molecule has 0 aliphatic carbocycles. The van der Waals surface area contributed by atoms with Crippen molar-refractivity contribution >= 4 is 5.82 Å². The molecule has 1 rings (SSSR count). The summed E-state index contributed by atoms with van der Waals surface area (Å²) >= 11 is 0. The van der Waals surface area contributed by atoms with Crippen LogP contribution in [0.25, 0.3) is 0 Å². The Morgan fingerprint density at radius 1 is 1.33 bits per heavy atom. The molecule has 0 aliphatic rings. The highest BCUT2D eigenvalue weighted by molar-refractivity contribution is 5.35. The summed E-state index contributed by atoms with van der Waals surface area (Å²) in [5.74, 6) is 0.985. The van der Waals surface area contributed by atoms with Crippen LogP contribution in [0.3, 0.4) is 0 Å². The Kier molecular flexibility index (Phi) is 5.12. The molecular formula is C12H21N3. The van der Waals surface area contributed by atoms with E-state index in [0.717, 1.165) is 37.6 Å². The van der Waals surface area contributed by atoms with E-state index in [4.69, 9.17) is 0 Å². The fourth-order valence-corrected chi connectivity index (χ4v) is 1.31. The first-order valence-corrected chi connectivity index (χ1v) is 5.64. The summed E-state index contributed by atoms with van der Waals surface area (Å²) in [4.78, 5) is 6.79. The minimum Gasteiger partial charge on any atom is -0.370 e. The third kappa shape index (κ3) is 4.30. The largest absolute Gasteiger partial charge is 0.370 e. The number of anilines is 1. The maximum Gasteiger partial charge on any atom is 0.126 e. The molecule has 0 aromatic carbocycles. The van der Waals surface area contributed by atoms with Crippen molar-refractivity contribution in [2.45, 2.75) is 26.8 Å². The number of nitrogens with one attached hydrogen (secondary N) is 1. The maximum absolute atomic E-state index is 4.55. The fourth-order valence-electron chi connectivity index (χ4n) is 1.31. The van der Waals surface area contributed by atoms with Gasteiger partial charge in [-0.15, -0.1) is 0 Å². The lowest BCUT2D eigenvalue weighted by atomic mass is 10.3. The zero-order valence-electron chi connectivity index (χ0n) is 9.95. The van der Waals surface area contributed by atoms with E-state index in [9.17, 15) is 0 Å². The van der Waals surface area contributed by atoms with Gasteiger partial charge in [0, 0.05) is 13.1 Å². The molecule has 0 saturated heterocycles. The van der Waals surface area contributed by atoms with Gasteiger partial charge in [0.05, 0.1) is 5.69 Å². The second-order valence-electron chi connectivity index (χ2n) is 3.77. The fraction of sp³-hybridized carbons (Fsp3) is 0.583. The van der Waals surface area contributed by atoms with Gasteiger partial charge in [0.1, 0.15) is 5.82 Å². The molecule has 0 atom stereocenters. The van der Waals surface area contributed by atoms with Crippen molar-refractivity contribution in [2.75, 3.05) is 25.5 Å². The van der Waals surface area contributed by atoms with E-state index in [-0.39, 0.29) is 0 Å². The molecule has 0 radical (unpaired) electrons. The second kappa shape index (κ2) is 6.40. The van der Waals surface area contributed by atoms with Crippen LogP contribution in [0.15, 0.2) is 18.2 Å². The SMILES string of the molecule is CCCNc1cccc(CN(C)CC)n1. The summed E-state index contributed by atoms with van der Waals surface area (Å²) in [6, 6.07) is 6.15. The predicted molar refractivity (Wildman–Crippen MR) is 65.0 cm³/mol. The van der Waals surface area contributed by atoms with Crippen LogP contribution in [0, 0.1) is 0 Å². The van der Waals surface area contributed by atoms with Gasteiger partial charge < -0.3 is 10.2 Å². The molecule has 0 spiro atoms. The zero-order chi connectivity index (χ0) is 11.1. The maximum atomic E-state index is 4.55. The van der Waals surface area contributed by atoms with Gasteiger partial charge in [-0.2, -0.15) is 0 Å². The molecule has 84 valence electrons. The Morgan fingerprint density at radius 2 is 2.13 bits per heavy atom. The zero-order valence-corrected chi connectivity index (χ0v) is 9.95. The summed E-state index contributed by atoms with van der Waals surface area (Å²) in [6.07, 6.45) is 1.13. The highest BCUT2D eigenvalue weighted by Gasteiger charge is 2.00. The summed E-state index contributed by atoms with van der Waals surface area (Å²) in [6.45, 7) is 7.26. The summed E-state index contributed by atoms with van der Waals surface area (Å²) < 4.78 is 0. The van der Waals surface area contributed by atoms with Crippen LogP contribution in [0.2, 0.25) is 0 Å². The highest BCUT2D eigenvalue weighted by Crippen LogP contribution is 2.06. The molecular weight excluding hydrogens is 186 g/mol. The lowest BCUT2D eigenvalue weighted by molar-refractivity contribution is 0.341. The quantitative estimate of drug-likeness (QED) is 0.776. The Hall–Kier alpha value is -1.09. The van der Waals surface area contributed by atoms with Crippen molar-refractivity contribution < 1.29 is 0 Å². The third-order valence-electron chi connectivity index (χ3n) is 2.33. The molecule has 0 aliphatic heterocycles. The van der Waals surface area contributed by atoms with Crippen molar-refractivity contribution in [3.05, 3.63) is 23.9 Å². The Morgan fingerprint density at radius 3 is 2.80 bits per heavy atom. The Balaban J connectivity index is 2.57. The van der Waals surface area contributed by atoms with Crippen molar-refractivity contribution in [2.24, 2.45) is 0 Å². The van der Waals surface area contributed by atoms with Crippen LogP contribution in [-0.4, -0.2) is 30.0 Å². The van der Waals surface area contributed by atoms with E-state index in [1.807, 2.05) is 6.07 Å². The van der Waals surface area contributed by atoms with Crippen LogP contribution in [0.1, 0.15) is 26.0 Å². The number of pyridine rings is 1. The van der Waals surface area contributed by atoms with E-state index in [1.165, 1.54) is 0 Å². The van der Waals surface area contributed by atoms with Crippen LogP contribution in [-0.2, 0) is 6.54 Å². The molecule has 0 bridgehead atoms. The first-order chi connectivity index (χ1) is 7.26. The van der Waals surface area contributed by atoms with E-state index >= 15 is 0 Å². The molecule has 1 N–H and O–H groups in total. The smallest absolute Gasteiger partial charge is 0.126 e. The van der Waals surface area contributed by atoms with E-state index in [0.29, 0.717) is 0 Å². The minimum atomic E-state index is 0.915. The Labute approximate surface area is 92.5 Å². The van der Waals surface area contributed by atoms with Gasteiger partial charge in [0.25, 0.3) is 0 Å². The first kappa shape index (κ1) is 12.0. The molecule has 0 unspecified atom stereocenters. The molecule has 3 nitrogen and oxygen atoms in total. The number of rotatable bonds is 6.